The van der Waals surface area contributed by atoms with Crippen molar-refractivity contribution in [3.8, 4) is 0 Å². The highest BCUT2D eigenvalue weighted by atomic mass is 35.5. The lowest BCUT2D eigenvalue weighted by Crippen LogP contribution is -2.22. The third-order valence-corrected chi connectivity index (χ3v) is 5.50. The maximum absolute atomic E-state index is 13.3. The third-order valence-electron chi connectivity index (χ3n) is 5.50. The van der Waals surface area contributed by atoms with Gasteiger partial charge in [-0.3, -0.25) is 9.78 Å². The van der Waals surface area contributed by atoms with Crippen LogP contribution in [-0.2, 0) is 4.79 Å². The Kier molecular flexibility index (Phi) is 8.00. The number of nitrogens with two attached hydrogens (primary N) is 1. The predicted molar refractivity (Wildman–Crippen MR) is 129 cm³/mol. The lowest BCUT2D eigenvalue weighted by Gasteiger charge is -2.22. The van der Waals surface area contributed by atoms with Crippen molar-refractivity contribution in [2.75, 3.05) is 28.6 Å². The quantitative estimate of drug-likeness (QED) is 0.454. The highest BCUT2D eigenvalue weighted by Gasteiger charge is 2.25. The molecule has 1 amide bonds. The summed E-state index contributed by atoms with van der Waals surface area (Å²) in [5.41, 5.74) is 7.31. The number of rotatable bonds is 8. The van der Waals surface area contributed by atoms with E-state index in [0.29, 0.717) is 23.9 Å². The largest absolute Gasteiger partial charge is 0.371 e. The van der Waals surface area contributed by atoms with E-state index in [1.165, 1.54) is 12.1 Å². The van der Waals surface area contributed by atoms with E-state index < -0.39 is 0 Å². The molecule has 2 atom stereocenters. The number of amides is 1. The summed E-state index contributed by atoms with van der Waals surface area (Å²) in [5, 5.41) is 6.60. The molecule has 0 bridgehead atoms. The zero-order chi connectivity index (χ0) is 22.5. The van der Waals surface area contributed by atoms with Crippen LogP contribution < -0.4 is 21.3 Å². The summed E-state index contributed by atoms with van der Waals surface area (Å²) in [6, 6.07) is 10.3. The molecule has 1 aromatic carbocycles. The molecule has 4 rings (SSSR count). The molecule has 0 saturated carbocycles. The fourth-order valence-corrected chi connectivity index (χ4v) is 3.91. The maximum Gasteiger partial charge on any atom is 0.217 e. The van der Waals surface area contributed by atoms with Gasteiger partial charge in [0, 0.05) is 55.8 Å². The number of carbonyl (C=O) groups is 1. The van der Waals surface area contributed by atoms with Gasteiger partial charge in [0.2, 0.25) is 5.91 Å². The lowest BCUT2D eigenvalue weighted by atomic mass is 10.1. The van der Waals surface area contributed by atoms with E-state index in [9.17, 15) is 9.18 Å². The molecule has 33 heavy (non-hydrogen) atoms. The van der Waals surface area contributed by atoms with E-state index >= 15 is 0 Å². The first-order valence-electron chi connectivity index (χ1n) is 10.6. The molecule has 1 fully saturated rings. The first-order valence-corrected chi connectivity index (χ1v) is 10.6. The van der Waals surface area contributed by atoms with Crippen LogP contribution in [0.3, 0.4) is 0 Å². The summed E-state index contributed by atoms with van der Waals surface area (Å²) in [7, 11) is 0. The smallest absolute Gasteiger partial charge is 0.217 e. The molecule has 8 nitrogen and oxygen atoms in total. The van der Waals surface area contributed by atoms with Gasteiger partial charge in [-0.2, -0.15) is 0 Å². The molecule has 3 heterocycles. The van der Waals surface area contributed by atoms with Crippen molar-refractivity contribution in [1.82, 2.24) is 15.0 Å². The Morgan fingerprint density at radius 3 is 2.67 bits per heavy atom. The minimum Gasteiger partial charge on any atom is -0.371 e. The first-order chi connectivity index (χ1) is 15.5. The number of carbonyl (C=O) groups excluding carboxylic acids is 1. The average Bonchev–Trinajstić information content (AvgIpc) is 3.22. The van der Waals surface area contributed by atoms with Gasteiger partial charge in [-0.15, -0.1) is 12.4 Å². The molecule has 10 heteroatoms. The molecular formula is C23H27ClFN7O. The van der Waals surface area contributed by atoms with Crippen molar-refractivity contribution in [1.29, 1.82) is 0 Å². The van der Waals surface area contributed by atoms with Gasteiger partial charge in [-0.25, -0.2) is 14.4 Å². The van der Waals surface area contributed by atoms with Gasteiger partial charge >= 0.3 is 0 Å². The van der Waals surface area contributed by atoms with Gasteiger partial charge in [0.05, 0.1) is 6.20 Å². The van der Waals surface area contributed by atoms with Gasteiger partial charge in [0.1, 0.15) is 23.3 Å². The maximum atomic E-state index is 13.3. The molecule has 0 aliphatic carbocycles. The van der Waals surface area contributed by atoms with Crippen LogP contribution in [0.5, 0.6) is 0 Å². The summed E-state index contributed by atoms with van der Waals surface area (Å²) in [4.78, 5) is 26.6. The zero-order valence-corrected chi connectivity index (χ0v) is 19.1. The van der Waals surface area contributed by atoms with Crippen LogP contribution in [0, 0.1) is 11.7 Å². The number of nitrogens with one attached hydrogen (secondary N) is 2. The Labute approximate surface area is 198 Å². The molecular weight excluding hydrogens is 445 g/mol. The van der Waals surface area contributed by atoms with Gasteiger partial charge < -0.3 is 21.3 Å². The third kappa shape index (κ3) is 6.52. The fourth-order valence-electron chi connectivity index (χ4n) is 3.91. The summed E-state index contributed by atoms with van der Waals surface area (Å²) < 4.78 is 13.3. The Bertz CT molecular complexity index is 1070. The van der Waals surface area contributed by atoms with Crippen molar-refractivity contribution >= 4 is 41.5 Å². The number of halogens is 2. The number of pyridine rings is 1. The monoisotopic (exact) mass is 471 g/mol. The van der Waals surface area contributed by atoms with Gasteiger partial charge in [0.25, 0.3) is 0 Å². The van der Waals surface area contributed by atoms with Crippen LogP contribution in [0.1, 0.15) is 31.4 Å². The van der Waals surface area contributed by atoms with Crippen molar-refractivity contribution in [2.24, 2.45) is 11.7 Å². The molecule has 0 unspecified atom stereocenters. The van der Waals surface area contributed by atoms with Crippen LogP contribution in [0.4, 0.5) is 27.5 Å². The SMILES string of the molecule is C[C@H](Nc1cc(N2CC[C@@H](CC(N)=O)C2)cc(Nc2cnccn2)n1)c1ccc(F)cc1.Cl. The van der Waals surface area contributed by atoms with Crippen LogP contribution in [0.25, 0.3) is 0 Å². The number of anilines is 4. The summed E-state index contributed by atoms with van der Waals surface area (Å²) in [6.45, 7) is 3.58. The minimum atomic E-state index is -0.271. The minimum absolute atomic E-state index is 0. The van der Waals surface area contributed by atoms with Crippen LogP contribution in [0.15, 0.2) is 55.0 Å². The van der Waals surface area contributed by atoms with Crippen molar-refractivity contribution in [3.05, 3.63) is 66.4 Å². The summed E-state index contributed by atoms with van der Waals surface area (Å²) >= 11 is 0. The molecule has 4 N–H and O–H groups in total. The lowest BCUT2D eigenvalue weighted by molar-refractivity contribution is -0.118. The van der Waals surface area contributed by atoms with Crippen molar-refractivity contribution in [2.45, 2.75) is 25.8 Å². The van der Waals surface area contributed by atoms with Crippen LogP contribution in [0.2, 0.25) is 0 Å². The molecule has 1 aliphatic heterocycles. The molecule has 2 aromatic heterocycles. The molecule has 0 radical (unpaired) electrons. The summed E-state index contributed by atoms with van der Waals surface area (Å²) in [6.07, 6.45) is 6.14. The predicted octanol–water partition coefficient (Wildman–Crippen LogP) is 4.05. The first kappa shape index (κ1) is 24.2. The Morgan fingerprint density at radius 2 is 1.97 bits per heavy atom. The molecule has 1 saturated heterocycles. The van der Waals surface area contributed by atoms with E-state index in [4.69, 9.17) is 5.73 Å². The topological polar surface area (TPSA) is 109 Å². The fraction of sp³-hybridized carbons (Fsp3) is 0.304. The Hall–Kier alpha value is -3.46. The van der Waals surface area contributed by atoms with E-state index in [-0.39, 0.29) is 36.1 Å². The number of aromatic nitrogens is 3. The van der Waals surface area contributed by atoms with Crippen LogP contribution >= 0.6 is 12.4 Å². The number of hydrogen-bond donors (Lipinski definition) is 3. The summed E-state index contributed by atoms with van der Waals surface area (Å²) in [5.74, 6) is 1.58. The van der Waals surface area contributed by atoms with Gasteiger partial charge in [-0.1, -0.05) is 12.1 Å². The Balaban J connectivity index is 0.00000306. The average molecular weight is 472 g/mol. The molecule has 0 spiro atoms. The van der Waals surface area contributed by atoms with E-state index in [0.717, 1.165) is 30.8 Å². The second kappa shape index (κ2) is 10.9. The van der Waals surface area contributed by atoms with Crippen molar-refractivity contribution < 1.29 is 9.18 Å². The highest BCUT2D eigenvalue weighted by Crippen LogP contribution is 2.31. The number of nitrogens with zero attached hydrogens (tertiary/aromatic N) is 4. The number of hydrogen-bond acceptors (Lipinski definition) is 7. The second-order valence-electron chi connectivity index (χ2n) is 8.00. The standard InChI is InChI=1S/C23H26FN7O.ClH/c1-15(17-2-4-18(24)5-3-17)28-21-11-19(31-9-6-16(14-31)10-20(25)32)12-22(29-21)30-23-13-26-7-8-27-23;/h2-5,7-8,11-13,15-16H,6,9-10,14H2,1H3,(H2,25,32)(H2,27,28,29,30);1H/t15-,16-;/m0./s1. The molecule has 174 valence electrons. The second-order valence-corrected chi connectivity index (χ2v) is 8.00. The van der Waals surface area contributed by atoms with E-state index in [2.05, 4.69) is 30.5 Å². The van der Waals surface area contributed by atoms with Gasteiger partial charge in [-0.05, 0) is 37.0 Å². The Morgan fingerprint density at radius 1 is 1.21 bits per heavy atom. The van der Waals surface area contributed by atoms with Crippen LogP contribution in [-0.4, -0.2) is 33.9 Å². The van der Waals surface area contributed by atoms with Gasteiger partial charge in [0.15, 0.2) is 0 Å². The number of primary amides is 1. The number of benzene rings is 1. The van der Waals surface area contributed by atoms with Crippen molar-refractivity contribution in [3.63, 3.8) is 0 Å². The highest BCUT2D eigenvalue weighted by molar-refractivity contribution is 5.85. The normalized spacial score (nSPS) is 16.1. The van der Waals surface area contributed by atoms with E-state index in [1.807, 2.05) is 19.1 Å². The zero-order valence-electron chi connectivity index (χ0n) is 18.2. The molecule has 3 aromatic rings. The van der Waals surface area contributed by atoms with E-state index in [1.54, 1.807) is 30.7 Å². The molecule has 1 aliphatic rings.